The number of anilines is 1. The summed E-state index contributed by atoms with van der Waals surface area (Å²) >= 11 is 3.18. The fourth-order valence-electron chi connectivity index (χ4n) is 2.61. The zero-order chi connectivity index (χ0) is 17.9. The SMILES string of the molecule is CC1CN(S(=O)(=O)CCNc2ccc(Br)cc2[N+](=O)[O-])CC(C)O1. The molecular formula is C14H20BrN3O5S. The van der Waals surface area contributed by atoms with Crippen molar-refractivity contribution in [3.63, 3.8) is 0 Å². The van der Waals surface area contributed by atoms with Crippen LogP contribution in [0.15, 0.2) is 22.7 Å². The van der Waals surface area contributed by atoms with E-state index in [-0.39, 0.29) is 30.2 Å². The Kier molecular flexibility index (Phi) is 6.18. The second kappa shape index (κ2) is 7.77. The molecule has 24 heavy (non-hydrogen) atoms. The number of nitrogens with zero attached hydrogens (tertiary/aromatic N) is 2. The molecule has 0 bridgehead atoms. The highest BCUT2D eigenvalue weighted by Gasteiger charge is 2.30. The Hall–Kier alpha value is -1.23. The molecule has 1 aliphatic heterocycles. The van der Waals surface area contributed by atoms with Crippen LogP contribution in [0.1, 0.15) is 13.8 Å². The first-order valence-electron chi connectivity index (χ1n) is 7.50. The number of ether oxygens (including phenoxy) is 1. The van der Waals surface area contributed by atoms with Crippen molar-refractivity contribution < 1.29 is 18.1 Å². The van der Waals surface area contributed by atoms with Gasteiger partial charge in [-0.25, -0.2) is 8.42 Å². The number of halogens is 1. The summed E-state index contributed by atoms with van der Waals surface area (Å²) in [6.45, 7) is 4.41. The molecule has 8 nitrogen and oxygen atoms in total. The molecule has 0 saturated carbocycles. The molecule has 1 heterocycles. The van der Waals surface area contributed by atoms with E-state index < -0.39 is 14.9 Å². The molecule has 1 aromatic carbocycles. The summed E-state index contributed by atoms with van der Waals surface area (Å²) in [4.78, 5) is 10.6. The van der Waals surface area contributed by atoms with Crippen molar-refractivity contribution in [1.82, 2.24) is 4.31 Å². The zero-order valence-electron chi connectivity index (χ0n) is 13.4. The third kappa shape index (κ3) is 4.88. The summed E-state index contributed by atoms with van der Waals surface area (Å²) in [7, 11) is -3.45. The highest BCUT2D eigenvalue weighted by Crippen LogP contribution is 2.27. The van der Waals surface area contributed by atoms with E-state index in [0.29, 0.717) is 23.2 Å². The molecule has 1 aromatic rings. The highest BCUT2D eigenvalue weighted by molar-refractivity contribution is 9.10. The average Bonchev–Trinajstić information content (AvgIpc) is 2.47. The molecule has 1 fully saturated rings. The van der Waals surface area contributed by atoms with Crippen molar-refractivity contribution in [3.8, 4) is 0 Å². The van der Waals surface area contributed by atoms with E-state index in [4.69, 9.17) is 4.74 Å². The Morgan fingerprint density at radius 1 is 1.38 bits per heavy atom. The normalized spacial score (nSPS) is 22.3. The van der Waals surface area contributed by atoms with Gasteiger partial charge in [0, 0.05) is 30.2 Å². The second-order valence-corrected chi connectivity index (χ2v) is 8.74. The van der Waals surface area contributed by atoms with Crippen LogP contribution in [0.3, 0.4) is 0 Å². The maximum absolute atomic E-state index is 12.4. The first-order chi connectivity index (χ1) is 11.2. The van der Waals surface area contributed by atoms with Gasteiger partial charge in [-0.3, -0.25) is 10.1 Å². The van der Waals surface area contributed by atoms with E-state index in [1.165, 1.54) is 10.4 Å². The number of nitro benzene ring substituents is 1. The molecule has 1 N–H and O–H groups in total. The lowest BCUT2D eigenvalue weighted by Gasteiger charge is -2.34. The second-order valence-electron chi connectivity index (χ2n) is 5.74. The Morgan fingerprint density at radius 3 is 2.58 bits per heavy atom. The molecule has 0 spiro atoms. The van der Waals surface area contributed by atoms with Gasteiger partial charge in [0.05, 0.1) is 22.9 Å². The lowest BCUT2D eigenvalue weighted by molar-refractivity contribution is -0.384. The van der Waals surface area contributed by atoms with Crippen LogP contribution in [-0.4, -0.2) is 55.2 Å². The lowest BCUT2D eigenvalue weighted by Crippen LogP contribution is -2.49. The summed E-state index contributed by atoms with van der Waals surface area (Å²) in [5.74, 6) is -0.139. The summed E-state index contributed by atoms with van der Waals surface area (Å²) in [6, 6.07) is 4.59. The third-order valence-corrected chi connectivity index (χ3v) is 5.91. The van der Waals surface area contributed by atoms with Crippen LogP contribution < -0.4 is 5.32 Å². The summed E-state index contributed by atoms with van der Waals surface area (Å²) in [6.07, 6.45) is -0.298. The maximum Gasteiger partial charge on any atom is 0.293 e. The molecule has 0 aromatic heterocycles. The van der Waals surface area contributed by atoms with Crippen molar-refractivity contribution in [1.29, 1.82) is 0 Å². The molecule has 0 amide bonds. The van der Waals surface area contributed by atoms with E-state index in [0.717, 1.165) is 0 Å². The van der Waals surface area contributed by atoms with Crippen molar-refractivity contribution >= 4 is 37.3 Å². The van der Waals surface area contributed by atoms with Gasteiger partial charge in [0.2, 0.25) is 10.0 Å². The molecule has 2 unspecified atom stereocenters. The van der Waals surface area contributed by atoms with Gasteiger partial charge in [-0.2, -0.15) is 4.31 Å². The Bertz CT molecular complexity index is 702. The maximum atomic E-state index is 12.4. The van der Waals surface area contributed by atoms with Gasteiger partial charge in [-0.15, -0.1) is 0 Å². The molecule has 0 aliphatic carbocycles. The minimum atomic E-state index is -3.45. The highest BCUT2D eigenvalue weighted by atomic mass is 79.9. The Balaban J connectivity index is 2.00. The molecule has 1 aliphatic rings. The summed E-state index contributed by atoms with van der Waals surface area (Å²) in [5.41, 5.74) is 0.192. The average molecular weight is 422 g/mol. The monoisotopic (exact) mass is 421 g/mol. The van der Waals surface area contributed by atoms with Crippen LogP contribution in [0.4, 0.5) is 11.4 Å². The minimum absolute atomic E-state index is 0.0882. The Labute approximate surface area is 149 Å². The predicted octanol–water partition coefficient (Wildman–Crippen LogP) is 2.21. The van der Waals surface area contributed by atoms with E-state index in [1.807, 2.05) is 13.8 Å². The fourth-order valence-corrected chi connectivity index (χ4v) is 4.45. The molecule has 0 radical (unpaired) electrons. The quantitative estimate of drug-likeness (QED) is 0.557. The number of hydrogen-bond acceptors (Lipinski definition) is 6. The number of nitro groups is 1. The smallest absolute Gasteiger partial charge is 0.293 e. The van der Waals surface area contributed by atoms with Gasteiger partial charge in [-0.1, -0.05) is 15.9 Å². The van der Waals surface area contributed by atoms with E-state index in [9.17, 15) is 18.5 Å². The standard InChI is InChI=1S/C14H20BrN3O5S/c1-10-8-17(9-11(2)23-10)24(21,22)6-5-16-13-4-3-12(15)7-14(13)18(19)20/h3-4,7,10-11,16H,5-6,8-9H2,1-2H3. The molecule has 1 saturated heterocycles. The number of sulfonamides is 1. The van der Waals surface area contributed by atoms with E-state index in [2.05, 4.69) is 21.2 Å². The largest absolute Gasteiger partial charge is 0.378 e. The first kappa shape index (κ1) is 19.1. The van der Waals surface area contributed by atoms with E-state index in [1.54, 1.807) is 12.1 Å². The van der Waals surface area contributed by atoms with Crippen LogP contribution in [0.5, 0.6) is 0 Å². The van der Waals surface area contributed by atoms with Crippen molar-refractivity contribution in [2.45, 2.75) is 26.1 Å². The molecule has 10 heteroatoms. The summed E-state index contributed by atoms with van der Waals surface area (Å²) < 4.78 is 32.4. The molecule has 2 atom stereocenters. The topological polar surface area (TPSA) is 102 Å². The summed E-state index contributed by atoms with van der Waals surface area (Å²) in [5, 5.41) is 13.9. The van der Waals surface area contributed by atoms with Gasteiger partial charge in [0.15, 0.2) is 0 Å². The minimum Gasteiger partial charge on any atom is -0.378 e. The van der Waals surface area contributed by atoms with Crippen LogP contribution in [0.25, 0.3) is 0 Å². The number of benzene rings is 1. The third-order valence-electron chi connectivity index (χ3n) is 3.61. The van der Waals surface area contributed by atoms with E-state index >= 15 is 0 Å². The molecular weight excluding hydrogens is 402 g/mol. The van der Waals surface area contributed by atoms with Crippen molar-refractivity contribution in [2.75, 3.05) is 30.7 Å². The van der Waals surface area contributed by atoms with Crippen LogP contribution >= 0.6 is 15.9 Å². The zero-order valence-corrected chi connectivity index (χ0v) is 15.8. The van der Waals surface area contributed by atoms with Crippen molar-refractivity contribution in [2.24, 2.45) is 0 Å². The lowest BCUT2D eigenvalue weighted by atomic mass is 10.2. The van der Waals surface area contributed by atoms with Crippen LogP contribution in [0, 0.1) is 10.1 Å². The van der Waals surface area contributed by atoms with Gasteiger partial charge >= 0.3 is 0 Å². The fraction of sp³-hybridized carbons (Fsp3) is 0.571. The molecule has 134 valence electrons. The molecule has 2 rings (SSSR count). The predicted molar refractivity (Wildman–Crippen MR) is 94.7 cm³/mol. The number of morpholine rings is 1. The first-order valence-corrected chi connectivity index (χ1v) is 9.90. The van der Waals surface area contributed by atoms with Gasteiger partial charge in [0.1, 0.15) is 5.69 Å². The van der Waals surface area contributed by atoms with Gasteiger partial charge in [0.25, 0.3) is 5.69 Å². The number of rotatable bonds is 6. The van der Waals surface area contributed by atoms with Gasteiger partial charge in [-0.05, 0) is 26.0 Å². The van der Waals surface area contributed by atoms with Gasteiger partial charge < -0.3 is 10.1 Å². The number of hydrogen-bond donors (Lipinski definition) is 1. The van der Waals surface area contributed by atoms with Crippen LogP contribution in [0.2, 0.25) is 0 Å². The van der Waals surface area contributed by atoms with Crippen LogP contribution in [-0.2, 0) is 14.8 Å². The Morgan fingerprint density at radius 2 is 2.00 bits per heavy atom. The number of nitrogens with one attached hydrogen (secondary N) is 1. The van der Waals surface area contributed by atoms with Crippen molar-refractivity contribution in [3.05, 3.63) is 32.8 Å².